The molecule has 0 bridgehead atoms. The number of rotatable bonds is 4. The number of thiophene rings is 1. The molecule has 2 aromatic heterocycles. The number of urea groups is 1. The van der Waals surface area contributed by atoms with E-state index in [1.807, 2.05) is 24.4 Å². The van der Waals surface area contributed by atoms with Gasteiger partial charge in [0.1, 0.15) is 0 Å². The van der Waals surface area contributed by atoms with Crippen LogP contribution in [0.15, 0.2) is 23.7 Å². The zero-order valence-corrected chi connectivity index (χ0v) is 15.1. The summed E-state index contributed by atoms with van der Waals surface area (Å²) in [6.45, 7) is 3.72. The summed E-state index contributed by atoms with van der Waals surface area (Å²) < 4.78 is 0. The number of hydrogen-bond acceptors (Lipinski definition) is 5. The van der Waals surface area contributed by atoms with Gasteiger partial charge in [0.25, 0.3) is 0 Å². The standard InChI is InChI=1S/C16H20N4O2S2/c1-11-4-5-13(24-11)9-18-16(22)20-7-2-3-12(10-20)14(21)19-15-17-6-8-23-15/h4-6,8,12H,2-3,7,9-10H2,1H3,(H,18,22)(H,17,19,21). The first-order valence-corrected chi connectivity index (χ1v) is 9.60. The summed E-state index contributed by atoms with van der Waals surface area (Å²) >= 11 is 3.08. The van der Waals surface area contributed by atoms with Crippen molar-refractivity contribution in [3.8, 4) is 0 Å². The quantitative estimate of drug-likeness (QED) is 0.875. The Hall–Kier alpha value is -1.93. The predicted octanol–water partition coefficient (Wildman–Crippen LogP) is 3.07. The summed E-state index contributed by atoms with van der Waals surface area (Å²) in [5.74, 6) is -0.242. The molecular weight excluding hydrogens is 344 g/mol. The van der Waals surface area contributed by atoms with E-state index < -0.39 is 0 Å². The predicted molar refractivity (Wildman–Crippen MR) is 96.3 cm³/mol. The first kappa shape index (κ1) is 16.9. The largest absolute Gasteiger partial charge is 0.333 e. The molecule has 0 radical (unpaired) electrons. The Morgan fingerprint density at radius 2 is 2.29 bits per heavy atom. The fraction of sp³-hybridized carbons (Fsp3) is 0.438. The monoisotopic (exact) mass is 364 g/mol. The molecule has 0 aromatic carbocycles. The van der Waals surface area contributed by atoms with Crippen molar-refractivity contribution in [2.45, 2.75) is 26.3 Å². The Morgan fingerprint density at radius 1 is 1.42 bits per heavy atom. The molecular formula is C16H20N4O2S2. The molecule has 1 saturated heterocycles. The number of likely N-dealkylation sites (tertiary alicyclic amines) is 1. The highest BCUT2D eigenvalue weighted by Gasteiger charge is 2.28. The number of anilines is 1. The molecule has 2 N–H and O–H groups in total. The molecule has 1 aliphatic rings. The Bertz CT molecular complexity index is 699. The number of aryl methyl sites for hydroxylation is 1. The van der Waals surface area contributed by atoms with Crippen LogP contribution in [-0.4, -0.2) is 34.9 Å². The fourth-order valence-electron chi connectivity index (χ4n) is 2.72. The minimum absolute atomic E-state index is 0.0590. The minimum atomic E-state index is -0.183. The van der Waals surface area contributed by atoms with E-state index >= 15 is 0 Å². The maximum absolute atomic E-state index is 12.3. The normalized spacial score (nSPS) is 17.5. The van der Waals surface area contributed by atoms with E-state index in [1.54, 1.807) is 22.4 Å². The third-order valence-electron chi connectivity index (χ3n) is 3.95. The van der Waals surface area contributed by atoms with Gasteiger partial charge in [-0.15, -0.1) is 22.7 Å². The van der Waals surface area contributed by atoms with Crippen molar-refractivity contribution < 1.29 is 9.59 Å². The molecule has 6 nitrogen and oxygen atoms in total. The highest BCUT2D eigenvalue weighted by molar-refractivity contribution is 7.13. The van der Waals surface area contributed by atoms with Gasteiger partial charge >= 0.3 is 6.03 Å². The Labute approximate surface area is 148 Å². The highest BCUT2D eigenvalue weighted by atomic mass is 32.1. The molecule has 1 unspecified atom stereocenters. The molecule has 3 amide bonds. The molecule has 1 atom stereocenters. The van der Waals surface area contributed by atoms with Crippen molar-refractivity contribution >= 4 is 39.7 Å². The first-order chi connectivity index (χ1) is 11.6. The summed E-state index contributed by atoms with van der Waals surface area (Å²) in [4.78, 5) is 32.8. The van der Waals surface area contributed by atoms with Gasteiger partial charge in [-0.3, -0.25) is 4.79 Å². The maximum atomic E-state index is 12.3. The van der Waals surface area contributed by atoms with Crippen LogP contribution in [-0.2, 0) is 11.3 Å². The van der Waals surface area contributed by atoms with Gasteiger partial charge in [0.05, 0.1) is 12.5 Å². The Balaban J connectivity index is 1.50. The Kier molecular flexibility index (Phi) is 5.47. The molecule has 1 fully saturated rings. The van der Waals surface area contributed by atoms with E-state index in [0.717, 1.165) is 17.7 Å². The van der Waals surface area contributed by atoms with Crippen molar-refractivity contribution in [2.75, 3.05) is 18.4 Å². The number of thiazole rings is 1. The molecule has 24 heavy (non-hydrogen) atoms. The summed E-state index contributed by atoms with van der Waals surface area (Å²) in [6.07, 6.45) is 3.29. The second kappa shape index (κ2) is 7.76. The lowest BCUT2D eigenvalue weighted by Crippen LogP contribution is -2.47. The number of hydrogen-bond donors (Lipinski definition) is 2. The van der Waals surface area contributed by atoms with Gasteiger partial charge in [0.15, 0.2) is 5.13 Å². The van der Waals surface area contributed by atoms with Gasteiger partial charge in [-0.05, 0) is 31.9 Å². The number of nitrogens with one attached hydrogen (secondary N) is 2. The number of carbonyl (C=O) groups is 2. The van der Waals surface area contributed by atoms with Gasteiger partial charge < -0.3 is 15.5 Å². The number of piperidine rings is 1. The number of nitrogens with zero attached hydrogens (tertiary/aromatic N) is 2. The lowest BCUT2D eigenvalue weighted by Gasteiger charge is -2.31. The SMILES string of the molecule is Cc1ccc(CNC(=O)N2CCCC(C(=O)Nc3nccs3)C2)s1. The van der Waals surface area contributed by atoms with E-state index in [-0.39, 0.29) is 17.9 Å². The Morgan fingerprint density at radius 3 is 3.00 bits per heavy atom. The van der Waals surface area contributed by atoms with Crippen LogP contribution in [0.3, 0.4) is 0 Å². The number of carbonyl (C=O) groups excluding carboxylic acids is 2. The second-order valence-electron chi connectivity index (χ2n) is 5.78. The lowest BCUT2D eigenvalue weighted by molar-refractivity contribution is -0.121. The number of aromatic nitrogens is 1. The topological polar surface area (TPSA) is 74.3 Å². The molecule has 3 rings (SSSR count). The average Bonchev–Trinajstić information content (AvgIpc) is 3.24. The number of amides is 3. The maximum Gasteiger partial charge on any atom is 0.317 e. The van der Waals surface area contributed by atoms with E-state index in [9.17, 15) is 9.59 Å². The van der Waals surface area contributed by atoms with Crippen molar-refractivity contribution in [3.05, 3.63) is 33.5 Å². The summed E-state index contributed by atoms with van der Waals surface area (Å²) in [5, 5.41) is 8.19. The third kappa shape index (κ3) is 4.33. The van der Waals surface area contributed by atoms with E-state index in [2.05, 4.69) is 15.6 Å². The molecule has 8 heteroatoms. The van der Waals surface area contributed by atoms with Crippen molar-refractivity contribution in [3.63, 3.8) is 0 Å². The van der Waals surface area contributed by atoms with E-state index in [0.29, 0.717) is 24.8 Å². The van der Waals surface area contributed by atoms with Crippen molar-refractivity contribution in [1.82, 2.24) is 15.2 Å². The average molecular weight is 364 g/mol. The summed E-state index contributed by atoms with van der Waals surface area (Å²) in [6, 6.07) is 3.97. The summed E-state index contributed by atoms with van der Waals surface area (Å²) in [7, 11) is 0. The van der Waals surface area contributed by atoms with Crippen LogP contribution in [0, 0.1) is 12.8 Å². The van der Waals surface area contributed by atoms with Crippen LogP contribution in [0.2, 0.25) is 0 Å². The van der Waals surface area contributed by atoms with E-state index in [1.165, 1.54) is 16.2 Å². The van der Waals surface area contributed by atoms with Crippen LogP contribution in [0.5, 0.6) is 0 Å². The van der Waals surface area contributed by atoms with Gasteiger partial charge in [-0.1, -0.05) is 0 Å². The molecule has 0 aliphatic carbocycles. The van der Waals surface area contributed by atoms with Crippen LogP contribution < -0.4 is 10.6 Å². The smallest absolute Gasteiger partial charge is 0.317 e. The van der Waals surface area contributed by atoms with Gasteiger partial charge in [0, 0.05) is 34.4 Å². The fourth-order valence-corrected chi connectivity index (χ4v) is 4.08. The third-order valence-corrected chi connectivity index (χ3v) is 5.64. The van der Waals surface area contributed by atoms with Gasteiger partial charge in [-0.2, -0.15) is 0 Å². The molecule has 2 aromatic rings. The highest BCUT2D eigenvalue weighted by Crippen LogP contribution is 2.20. The van der Waals surface area contributed by atoms with Crippen molar-refractivity contribution in [1.29, 1.82) is 0 Å². The van der Waals surface area contributed by atoms with E-state index in [4.69, 9.17) is 0 Å². The zero-order valence-electron chi connectivity index (χ0n) is 13.4. The molecule has 0 spiro atoms. The molecule has 128 valence electrons. The first-order valence-electron chi connectivity index (χ1n) is 7.90. The van der Waals surface area contributed by atoms with Crippen LogP contribution >= 0.6 is 22.7 Å². The second-order valence-corrected chi connectivity index (χ2v) is 8.05. The zero-order chi connectivity index (χ0) is 16.9. The molecule has 1 aliphatic heterocycles. The van der Waals surface area contributed by atoms with Crippen LogP contribution in [0.25, 0.3) is 0 Å². The lowest BCUT2D eigenvalue weighted by atomic mass is 9.97. The van der Waals surface area contributed by atoms with Crippen molar-refractivity contribution in [2.24, 2.45) is 5.92 Å². The minimum Gasteiger partial charge on any atom is -0.333 e. The summed E-state index contributed by atoms with van der Waals surface area (Å²) in [5.41, 5.74) is 0. The molecule has 3 heterocycles. The van der Waals surface area contributed by atoms with Crippen LogP contribution in [0.1, 0.15) is 22.6 Å². The van der Waals surface area contributed by atoms with Crippen LogP contribution in [0.4, 0.5) is 9.93 Å². The van der Waals surface area contributed by atoms with Gasteiger partial charge in [-0.25, -0.2) is 9.78 Å². The molecule has 0 saturated carbocycles. The van der Waals surface area contributed by atoms with Gasteiger partial charge in [0.2, 0.25) is 5.91 Å².